The fourth-order valence-corrected chi connectivity index (χ4v) is 2.13. The molecule has 0 aliphatic rings. The van der Waals surface area contributed by atoms with Gasteiger partial charge in [0, 0.05) is 12.4 Å². The first-order chi connectivity index (χ1) is 9.64. The average molecular weight is 346 g/mol. The number of hydrogen-bond donors (Lipinski definition) is 1. The second-order valence-electron chi connectivity index (χ2n) is 4.24. The van der Waals surface area contributed by atoms with E-state index in [1.807, 2.05) is 6.07 Å². The molecule has 0 aliphatic carbocycles. The van der Waals surface area contributed by atoms with E-state index in [4.69, 9.17) is 14.2 Å². The second kappa shape index (κ2) is 8.81. The largest absolute Gasteiger partial charge is 0.493 e. The van der Waals surface area contributed by atoms with Crippen molar-refractivity contribution < 1.29 is 19.0 Å². The topological polar surface area (TPSA) is 56.8 Å². The summed E-state index contributed by atoms with van der Waals surface area (Å²) in [7, 11) is 4.76. The number of carbonyl (C=O) groups is 1. The van der Waals surface area contributed by atoms with Gasteiger partial charge in [-0.05, 0) is 17.7 Å². The van der Waals surface area contributed by atoms with Crippen molar-refractivity contribution in [1.82, 2.24) is 5.32 Å². The van der Waals surface area contributed by atoms with Gasteiger partial charge in [0.1, 0.15) is 0 Å². The van der Waals surface area contributed by atoms with Crippen LogP contribution in [0.25, 0.3) is 0 Å². The van der Waals surface area contributed by atoms with Gasteiger partial charge in [0.15, 0.2) is 11.5 Å². The lowest BCUT2D eigenvalue weighted by Gasteiger charge is -2.15. The molecular weight excluding hydrogens is 326 g/mol. The Balaban J connectivity index is 2.66. The summed E-state index contributed by atoms with van der Waals surface area (Å²) in [5, 5.41) is 3.55. The van der Waals surface area contributed by atoms with Gasteiger partial charge in [0.2, 0.25) is 5.91 Å². The minimum Gasteiger partial charge on any atom is -0.493 e. The molecule has 0 aliphatic heterocycles. The number of carbonyl (C=O) groups excluding carboxylic acids is 1. The summed E-state index contributed by atoms with van der Waals surface area (Å²) in [5.74, 6) is 1.21. The summed E-state index contributed by atoms with van der Waals surface area (Å²) in [4.78, 5) is 12.0. The van der Waals surface area contributed by atoms with Gasteiger partial charge in [0.25, 0.3) is 0 Å². The van der Waals surface area contributed by atoms with E-state index in [9.17, 15) is 4.79 Å². The quantitative estimate of drug-likeness (QED) is 0.729. The van der Waals surface area contributed by atoms with E-state index in [1.54, 1.807) is 33.5 Å². The van der Waals surface area contributed by atoms with Crippen LogP contribution >= 0.6 is 15.9 Å². The predicted molar refractivity (Wildman–Crippen MR) is 80.9 cm³/mol. The molecule has 1 aromatic rings. The van der Waals surface area contributed by atoms with Crippen LogP contribution in [0, 0.1) is 0 Å². The molecule has 1 atom stereocenters. The van der Waals surface area contributed by atoms with E-state index >= 15 is 0 Å². The monoisotopic (exact) mass is 345 g/mol. The third kappa shape index (κ3) is 5.02. The zero-order chi connectivity index (χ0) is 15.0. The van der Waals surface area contributed by atoms with E-state index in [0.717, 1.165) is 5.56 Å². The minimum atomic E-state index is -0.0567. The van der Waals surface area contributed by atoms with Gasteiger partial charge in [0.05, 0.1) is 33.3 Å². The Morgan fingerprint density at radius 1 is 1.25 bits per heavy atom. The van der Waals surface area contributed by atoms with Crippen LogP contribution in [0.2, 0.25) is 0 Å². The van der Waals surface area contributed by atoms with Crippen LogP contribution in [-0.4, -0.2) is 45.2 Å². The van der Waals surface area contributed by atoms with Gasteiger partial charge in [-0.1, -0.05) is 22.0 Å². The van der Waals surface area contributed by atoms with Gasteiger partial charge in [-0.2, -0.15) is 0 Å². The number of rotatable bonds is 8. The van der Waals surface area contributed by atoms with Crippen LogP contribution < -0.4 is 14.8 Å². The van der Waals surface area contributed by atoms with Crippen LogP contribution in [0.1, 0.15) is 5.56 Å². The zero-order valence-corrected chi connectivity index (χ0v) is 13.5. The minimum absolute atomic E-state index is 0.0346. The summed E-state index contributed by atoms with van der Waals surface area (Å²) >= 11 is 3.34. The molecule has 1 N–H and O–H groups in total. The lowest BCUT2D eigenvalue weighted by molar-refractivity contribution is -0.121. The molecule has 0 radical (unpaired) electrons. The van der Waals surface area contributed by atoms with Gasteiger partial charge in [-0.3, -0.25) is 4.79 Å². The lowest BCUT2D eigenvalue weighted by Crippen LogP contribution is -2.40. The highest BCUT2D eigenvalue weighted by Crippen LogP contribution is 2.27. The molecule has 0 heterocycles. The van der Waals surface area contributed by atoms with Crippen LogP contribution in [0.15, 0.2) is 18.2 Å². The first-order valence-corrected chi connectivity index (χ1v) is 7.31. The van der Waals surface area contributed by atoms with Crippen molar-refractivity contribution in [2.45, 2.75) is 12.5 Å². The van der Waals surface area contributed by atoms with Crippen LogP contribution in [-0.2, 0) is 16.0 Å². The maximum absolute atomic E-state index is 12.0. The van der Waals surface area contributed by atoms with Crippen molar-refractivity contribution in [3.8, 4) is 11.5 Å². The first-order valence-electron chi connectivity index (χ1n) is 6.19. The third-order valence-corrected chi connectivity index (χ3v) is 3.51. The second-order valence-corrected chi connectivity index (χ2v) is 4.89. The molecule has 1 rings (SSSR count). The highest BCUT2D eigenvalue weighted by molar-refractivity contribution is 9.09. The van der Waals surface area contributed by atoms with Crippen LogP contribution in [0.4, 0.5) is 0 Å². The Hall–Kier alpha value is -1.27. The SMILES string of the molecule is COCC(CBr)NC(=O)Cc1ccc(OC)c(OC)c1. The van der Waals surface area contributed by atoms with Crippen molar-refractivity contribution in [1.29, 1.82) is 0 Å². The summed E-state index contributed by atoms with van der Waals surface area (Å²) in [6.07, 6.45) is 0.285. The van der Waals surface area contributed by atoms with Crippen molar-refractivity contribution in [2.24, 2.45) is 0 Å². The Morgan fingerprint density at radius 3 is 2.50 bits per heavy atom. The molecule has 5 nitrogen and oxygen atoms in total. The molecule has 20 heavy (non-hydrogen) atoms. The van der Waals surface area contributed by atoms with E-state index in [0.29, 0.717) is 23.4 Å². The van der Waals surface area contributed by atoms with E-state index in [-0.39, 0.29) is 18.4 Å². The summed E-state index contributed by atoms with van der Waals surface area (Å²) in [5.41, 5.74) is 0.867. The number of methoxy groups -OCH3 is 3. The molecule has 0 saturated carbocycles. The van der Waals surface area contributed by atoms with E-state index in [2.05, 4.69) is 21.2 Å². The van der Waals surface area contributed by atoms with Gasteiger partial charge >= 0.3 is 0 Å². The zero-order valence-electron chi connectivity index (χ0n) is 11.9. The number of amides is 1. The Kier molecular flexibility index (Phi) is 7.40. The van der Waals surface area contributed by atoms with E-state index in [1.165, 1.54) is 0 Å². The van der Waals surface area contributed by atoms with Crippen molar-refractivity contribution in [3.63, 3.8) is 0 Å². The highest BCUT2D eigenvalue weighted by atomic mass is 79.9. The first kappa shape index (κ1) is 16.8. The third-order valence-electron chi connectivity index (χ3n) is 2.73. The predicted octanol–water partition coefficient (Wildman–Crippen LogP) is 1.77. The van der Waals surface area contributed by atoms with Crippen LogP contribution in [0.5, 0.6) is 11.5 Å². The number of nitrogens with one attached hydrogen (secondary N) is 1. The molecule has 0 bridgehead atoms. The highest BCUT2D eigenvalue weighted by Gasteiger charge is 2.12. The Morgan fingerprint density at radius 2 is 1.95 bits per heavy atom. The van der Waals surface area contributed by atoms with Gasteiger partial charge < -0.3 is 19.5 Å². The lowest BCUT2D eigenvalue weighted by atomic mass is 10.1. The number of hydrogen-bond acceptors (Lipinski definition) is 4. The standard InChI is InChI=1S/C14H20BrNO4/c1-18-9-11(8-15)16-14(17)7-10-4-5-12(19-2)13(6-10)20-3/h4-6,11H,7-9H2,1-3H3,(H,16,17). The number of halogens is 1. The van der Waals surface area contributed by atoms with E-state index < -0.39 is 0 Å². The maximum Gasteiger partial charge on any atom is 0.224 e. The van der Waals surface area contributed by atoms with Crippen LogP contribution in [0.3, 0.4) is 0 Å². The molecule has 112 valence electrons. The number of ether oxygens (including phenoxy) is 3. The Bertz CT molecular complexity index is 439. The number of benzene rings is 1. The molecule has 6 heteroatoms. The molecule has 1 unspecified atom stereocenters. The summed E-state index contributed by atoms with van der Waals surface area (Å²) < 4.78 is 15.4. The summed E-state index contributed by atoms with van der Waals surface area (Å²) in [6.45, 7) is 0.475. The molecule has 0 saturated heterocycles. The van der Waals surface area contributed by atoms with Gasteiger partial charge in [-0.15, -0.1) is 0 Å². The van der Waals surface area contributed by atoms with Crippen molar-refractivity contribution in [3.05, 3.63) is 23.8 Å². The smallest absolute Gasteiger partial charge is 0.224 e. The normalized spacial score (nSPS) is 11.8. The number of alkyl halides is 1. The molecule has 1 amide bonds. The maximum atomic E-state index is 12.0. The molecule has 0 aromatic heterocycles. The summed E-state index contributed by atoms with van der Waals surface area (Å²) in [6, 6.07) is 5.41. The molecule has 0 spiro atoms. The average Bonchev–Trinajstić information content (AvgIpc) is 2.46. The molecule has 1 aromatic carbocycles. The molecule has 0 fully saturated rings. The fourth-order valence-electron chi connectivity index (χ4n) is 1.78. The molecular formula is C14H20BrNO4. The van der Waals surface area contributed by atoms with Crippen molar-refractivity contribution >= 4 is 21.8 Å². The fraction of sp³-hybridized carbons (Fsp3) is 0.500. The van der Waals surface area contributed by atoms with Crippen molar-refractivity contribution in [2.75, 3.05) is 33.3 Å². The van der Waals surface area contributed by atoms with Gasteiger partial charge in [-0.25, -0.2) is 0 Å². The Labute approximate surface area is 127 Å².